The lowest BCUT2D eigenvalue weighted by Gasteiger charge is -2.16. The number of para-hydroxylation sites is 1. The van der Waals surface area contributed by atoms with E-state index in [1.807, 2.05) is 23.1 Å². The Bertz CT molecular complexity index is 1040. The molecule has 1 aliphatic heterocycles. The van der Waals surface area contributed by atoms with Crippen LogP contribution >= 0.6 is 34.7 Å². The van der Waals surface area contributed by atoms with Crippen LogP contribution in [0.4, 0.5) is 10.8 Å². The Balaban J connectivity index is 1.35. The predicted octanol–water partition coefficient (Wildman–Crippen LogP) is 4.13. The topological polar surface area (TPSA) is 75.2 Å². The van der Waals surface area contributed by atoms with Gasteiger partial charge in [-0.25, -0.2) is 0 Å². The summed E-state index contributed by atoms with van der Waals surface area (Å²) in [5, 5.41) is 11.4. The Morgan fingerprint density at radius 1 is 1.14 bits per heavy atom. The molecule has 2 amide bonds. The van der Waals surface area contributed by atoms with Crippen LogP contribution < -0.4 is 10.2 Å². The van der Waals surface area contributed by atoms with E-state index in [1.54, 1.807) is 24.3 Å². The largest absolute Gasteiger partial charge is 0.311 e. The van der Waals surface area contributed by atoms with Crippen LogP contribution in [0.15, 0.2) is 52.9 Å². The van der Waals surface area contributed by atoms with Crippen LogP contribution in [0.5, 0.6) is 0 Å². The highest BCUT2D eigenvalue weighted by molar-refractivity contribution is 8.01. The molecule has 0 atom stereocenters. The summed E-state index contributed by atoms with van der Waals surface area (Å²) >= 11 is 8.57. The summed E-state index contributed by atoms with van der Waals surface area (Å²) < 4.78 is 0.621. The average Bonchev–Trinajstić information content (AvgIpc) is 3.33. The Hall–Kier alpha value is -2.42. The first-order valence-corrected chi connectivity index (χ1v) is 10.7. The fourth-order valence-electron chi connectivity index (χ4n) is 2.93. The molecule has 1 aliphatic rings. The van der Waals surface area contributed by atoms with E-state index in [-0.39, 0.29) is 17.6 Å². The van der Waals surface area contributed by atoms with Crippen molar-refractivity contribution in [3.05, 3.63) is 64.7 Å². The van der Waals surface area contributed by atoms with Gasteiger partial charge in [0.15, 0.2) is 4.34 Å². The number of hydrogen-bond donors (Lipinski definition) is 1. The van der Waals surface area contributed by atoms with Crippen molar-refractivity contribution in [2.24, 2.45) is 0 Å². The van der Waals surface area contributed by atoms with Crippen molar-refractivity contribution in [3.63, 3.8) is 0 Å². The Morgan fingerprint density at radius 3 is 2.79 bits per heavy atom. The van der Waals surface area contributed by atoms with Crippen LogP contribution in [-0.4, -0.2) is 34.3 Å². The van der Waals surface area contributed by atoms with Gasteiger partial charge in [0.05, 0.1) is 16.3 Å². The van der Waals surface area contributed by atoms with Crippen LogP contribution in [0.1, 0.15) is 15.9 Å². The zero-order chi connectivity index (χ0) is 19.5. The second-order valence-corrected chi connectivity index (χ2v) is 8.63. The molecule has 2 aromatic carbocycles. The molecule has 0 saturated heterocycles. The monoisotopic (exact) mass is 430 g/mol. The first-order valence-electron chi connectivity index (χ1n) is 8.52. The Labute approximate surface area is 174 Å². The van der Waals surface area contributed by atoms with E-state index in [4.69, 9.17) is 11.6 Å². The van der Waals surface area contributed by atoms with Crippen molar-refractivity contribution in [1.82, 2.24) is 10.2 Å². The molecular weight excluding hydrogens is 416 g/mol. The first kappa shape index (κ1) is 18.9. The van der Waals surface area contributed by atoms with E-state index >= 15 is 0 Å². The molecule has 6 nitrogen and oxygen atoms in total. The summed E-state index contributed by atoms with van der Waals surface area (Å²) in [7, 11) is 0. The summed E-state index contributed by atoms with van der Waals surface area (Å²) in [4.78, 5) is 26.7. The first-order chi connectivity index (χ1) is 13.6. The van der Waals surface area contributed by atoms with Crippen molar-refractivity contribution < 1.29 is 9.59 Å². The minimum absolute atomic E-state index is 0.0341. The number of anilines is 2. The third kappa shape index (κ3) is 4.04. The molecular formula is C19H15ClN4O2S2. The van der Waals surface area contributed by atoms with Gasteiger partial charge in [-0.15, -0.1) is 10.2 Å². The van der Waals surface area contributed by atoms with Crippen molar-refractivity contribution in [2.45, 2.75) is 10.8 Å². The Morgan fingerprint density at radius 2 is 1.93 bits per heavy atom. The number of rotatable bonds is 5. The van der Waals surface area contributed by atoms with Gasteiger partial charge in [-0.2, -0.15) is 0 Å². The molecule has 9 heteroatoms. The van der Waals surface area contributed by atoms with Crippen LogP contribution in [0.25, 0.3) is 0 Å². The second-order valence-electron chi connectivity index (χ2n) is 6.02. The number of carbonyl (C=O) groups is 2. The van der Waals surface area contributed by atoms with Gasteiger partial charge >= 0.3 is 0 Å². The van der Waals surface area contributed by atoms with Gasteiger partial charge in [0.2, 0.25) is 11.0 Å². The van der Waals surface area contributed by atoms with Gasteiger partial charge in [-0.1, -0.05) is 65.0 Å². The molecule has 0 spiro atoms. The predicted molar refractivity (Wildman–Crippen MR) is 113 cm³/mol. The molecule has 0 aliphatic carbocycles. The molecule has 1 aromatic heterocycles. The average molecular weight is 431 g/mol. The third-order valence-corrected chi connectivity index (χ3v) is 6.54. The highest BCUT2D eigenvalue weighted by Crippen LogP contribution is 2.30. The number of aromatic nitrogens is 2. The smallest absolute Gasteiger partial charge is 0.259 e. The number of carbonyl (C=O) groups excluding carboxylic acids is 2. The van der Waals surface area contributed by atoms with Gasteiger partial charge in [0, 0.05) is 12.2 Å². The number of halogens is 1. The van der Waals surface area contributed by atoms with Crippen LogP contribution in [0, 0.1) is 0 Å². The molecule has 0 unspecified atom stereocenters. The van der Waals surface area contributed by atoms with Crippen molar-refractivity contribution in [2.75, 3.05) is 22.5 Å². The number of hydrogen-bond acceptors (Lipinski definition) is 6. The zero-order valence-corrected chi connectivity index (χ0v) is 17.0. The fraction of sp³-hybridized carbons (Fsp3) is 0.158. The van der Waals surface area contributed by atoms with E-state index in [0.29, 0.717) is 26.6 Å². The maximum absolute atomic E-state index is 12.6. The molecule has 3 aromatic rings. The van der Waals surface area contributed by atoms with Gasteiger partial charge in [0.25, 0.3) is 5.91 Å². The maximum Gasteiger partial charge on any atom is 0.259 e. The van der Waals surface area contributed by atoms with Crippen LogP contribution in [-0.2, 0) is 11.2 Å². The molecule has 4 rings (SSSR count). The van der Waals surface area contributed by atoms with Crippen molar-refractivity contribution in [3.8, 4) is 0 Å². The van der Waals surface area contributed by atoms with E-state index in [0.717, 1.165) is 12.1 Å². The van der Waals surface area contributed by atoms with Gasteiger partial charge < -0.3 is 4.90 Å². The SMILES string of the molecule is O=C(Nc1nnc(SCC(=O)N2CCc3ccccc32)s1)c1ccccc1Cl. The summed E-state index contributed by atoms with van der Waals surface area (Å²) in [6.07, 6.45) is 0.879. The maximum atomic E-state index is 12.6. The minimum Gasteiger partial charge on any atom is -0.311 e. The normalized spacial score (nSPS) is 12.7. The molecule has 2 heterocycles. The lowest BCUT2D eigenvalue weighted by molar-refractivity contribution is -0.116. The lowest BCUT2D eigenvalue weighted by atomic mass is 10.2. The molecule has 0 bridgehead atoms. The second kappa shape index (κ2) is 8.30. The van der Waals surface area contributed by atoms with E-state index in [1.165, 1.54) is 28.7 Å². The fourth-order valence-corrected chi connectivity index (χ4v) is 4.77. The highest BCUT2D eigenvalue weighted by Gasteiger charge is 2.24. The third-order valence-electron chi connectivity index (χ3n) is 4.25. The van der Waals surface area contributed by atoms with E-state index < -0.39 is 0 Å². The zero-order valence-electron chi connectivity index (χ0n) is 14.6. The minimum atomic E-state index is -0.344. The number of nitrogens with one attached hydrogen (secondary N) is 1. The summed E-state index contributed by atoms with van der Waals surface area (Å²) in [5.41, 5.74) is 2.55. The molecule has 142 valence electrons. The van der Waals surface area contributed by atoms with Crippen LogP contribution in [0.2, 0.25) is 5.02 Å². The Kier molecular flexibility index (Phi) is 5.61. The summed E-state index contributed by atoms with van der Waals surface area (Å²) in [6, 6.07) is 14.7. The number of amides is 2. The summed E-state index contributed by atoms with van der Waals surface area (Å²) in [6.45, 7) is 0.702. The number of benzene rings is 2. The van der Waals surface area contributed by atoms with Gasteiger partial charge in [0.1, 0.15) is 0 Å². The van der Waals surface area contributed by atoms with E-state index in [2.05, 4.69) is 21.6 Å². The number of fused-ring (bicyclic) bond motifs is 1. The highest BCUT2D eigenvalue weighted by atomic mass is 35.5. The summed E-state index contributed by atoms with van der Waals surface area (Å²) in [5.74, 6) is -0.0450. The molecule has 1 N–H and O–H groups in total. The van der Waals surface area contributed by atoms with Crippen LogP contribution in [0.3, 0.4) is 0 Å². The molecule has 0 radical (unpaired) electrons. The number of thioether (sulfide) groups is 1. The number of nitrogens with zero attached hydrogens (tertiary/aromatic N) is 3. The van der Waals surface area contributed by atoms with Gasteiger partial charge in [-0.3, -0.25) is 14.9 Å². The van der Waals surface area contributed by atoms with Crippen molar-refractivity contribution in [1.29, 1.82) is 0 Å². The van der Waals surface area contributed by atoms with Gasteiger partial charge in [-0.05, 0) is 30.2 Å². The standard InChI is InChI=1S/C19H15ClN4O2S2/c20-14-7-3-2-6-13(14)17(26)21-18-22-23-19(28-18)27-11-16(25)24-10-9-12-5-1-4-8-15(12)24/h1-8H,9-11H2,(H,21,22,26). The van der Waals surface area contributed by atoms with E-state index in [9.17, 15) is 9.59 Å². The molecule has 28 heavy (non-hydrogen) atoms. The van der Waals surface area contributed by atoms with Crippen molar-refractivity contribution >= 4 is 57.3 Å². The molecule has 0 fully saturated rings. The quantitative estimate of drug-likeness (QED) is 0.486. The lowest BCUT2D eigenvalue weighted by Crippen LogP contribution is -2.30. The molecule has 0 saturated carbocycles.